The number of benzene rings is 2. The minimum Gasteiger partial charge on any atom is -0.507 e. The number of aromatic hydroxyl groups is 2. The predicted molar refractivity (Wildman–Crippen MR) is 73.1 cm³/mol. The number of phenols is 2. The molecular formula is C14H6Cl2O4. The smallest absolute Gasteiger partial charge is 0.202 e. The molecule has 0 fully saturated rings. The summed E-state index contributed by atoms with van der Waals surface area (Å²) in [7, 11) is 0. The molecule has 6 heteroatoms. The van der Waals surface area contributed by atoms with Crippen molar-refractivity contribution in [1.29, 1.82) is 0 Å². The molecule has 0 aliphatic heterocycles. The maximum Gasteiger partial charge on any atom is 0.202 e. The van der Waals surface area contributed by atoms with E-state index in [1.165, 1.54) is 24.3 Å². The second-order valence-electron chi connectivity index (χ2n) is 4.29. The van der Waals surface area contributed by atoms with E-state index in [4.69, 9.17) is 23.2 Å². The Morgan fingerprint density at radius 1 is 0.650 bits per heavy atom. The van der Waals surface area contributed by atoms with Crippen molar-refractivity contribution in [2.24, 2.45) is 0 Å². The van der Waals surface area contributed by atoms with Crippen molar-refractivity contribution in [2.45, 2.75) is 0 Å². The molecule has 0 radical (unpaired) electrons. The first kappa shape index (κ1) is 13.0. The lowest BCUT2D eigenvalue weighted by atomic mass is 9.83. The van der Waals surface area contributed by atoms with Crippen molar-refractivity contribution in [3.05, 3.63) is 56.6 Å². The zero-order valence-electron chi connectivity index (χ0n) is 9.78. The summed E-state index contributed by atoms with van der Waals surface area (Å²) in [5, 5.41) is 19.7. The molecule has 100 valence electrons. The van der Waals surface area contributed by atoms with Gasteiger partial charge in [0.15, 0.2) is 5.78 Å². The van der Waals surface area contributed by atoms with Crippen molar-refractivity contribution in [1.82, 2.24) is 0 Å². The van der Waals surface area contributed by atoms with Crippen LogP contribution in [0.4, 0.5) is 0 Å². The van der Waals surface area contributed by atoms with Gasteiger partial charge in [-0.05, 0) is 24.3 Å². The molecule has 0 bridgehead atoms. The van der Waals surface area contributed by atoms with Crippen LogP contribution in [0.2, 0.25) is 10.0 Å². The van der Waals surface area contributed by atoms with Crippen LogP contribution in [0, 0.1) is 0 Å². The Hall–Kier alpha value is -2.04. The number of hydrogen-bond donors (Lipinski definition) is 2. The van der Waals surface area contributed by atoms with Crippen molar-refractivity contribution >= 4 is 34.8 Å². The molecule has 4 nitrogen and oxygen atoms in total. The highest BCUT2D eigenvalue weighted by Gasteiger charge is 2.37. The molecule has 1 aliphatic carbocycles. The minimum absolute atomic E-state index is 0.0428. The summed E-state index contributed by atoms with van der Waals surface area (Å²) in [5.41, 5.74) is -0.631. The van der Waals surface area contributed by atoms with E-state index in [0.29, 0.717) is 0 Å². The van der Waals surface area contributed by atoms with Gasteiger partial charge in [0.2, 0.25) is 5.78 Å². The summed E-state index contributed by atoms with van der Waals surface area (Å²) in [4.78, 5) is 24.9. The standard InChI is InChI=1S/C14H6Cl2O4/c15-5-1-3-7(17)11-9(5)13(19)10-6(16)2-4-8(18)12(10)14(11)20/h1-4,17-18H. The summed E-state index contributed by atoms with van der Waals surface area (Å²) >= 11 is 11.9. The van der Waals surface area contributed by atoms with E-state index < -0.39 is 11.6 Å². The molecule has 0 unspecified atom stereocenters. The first-order chi connectivity index (χ1) is 9.43. The highest BCUT2D eigenvalue weighted by Crippen LogP contribution is 2.41. The Balaban J connectivity index is 2.46. The number of fused-ring (bicyclic) bond motifs is 2. The number of halogens is 2. The maximum absolute atomic E-state index is 12.5. The van der Waals surface area contributed by atoms with Gasteiger partial charge in [-0.1, -0.05) is 23.2 Å². The van der Waals surface area contributed by atoms with Crippen LogP contribution in [0.3, 0.4) is 0 Å². The van der Waals surface area contributed by atoms with Crippen molar-refractivity contribution in [3.8, 4) is 11.5 Å². The van der Waals surface area contributed by atoms with Crippen LogP contribution < -0.4 is 0 Å². The SMILES string of the molecule is O=C1c2c(O)ccc(Cl)c2C(=O)c2c(Cl)ccc(O)c21. The molecule has 0 amide bonds. The molecule has 0 heterocycles. The van der Waals surface area contributed by atoms with Crippen molar-refractivity contribution in [2.75, 3.05) is 0 Å². The first-order valence-corrected chi connectivity index (χ1v) is 6.31. The quantitative estimate of drug-likeness (QED) is 0.669. The van der Waals surface area contributed by atoms with E-state index in [1.807, 2.05) is 0 Å². The normalized spacial score (nSPS) is 13.1. The molecule has 2 N–H and O–H groups in total. The van der Waals surface area contributed by atoms with Crippen molar-refractivity contribution < 1.29 is 19.8 Å². The number of hydrogen-bond acceptors (Lipinski definition) is 4. The van der Waals surface area contributed by atoms with E-state index in [9.17, 15) is 19.8 Å². The van der Waals surface area contributed by atoms with Gasteiger partial charge in [-0.25, -0.2) is 0 Å². The topological polar surface area (TPSA) is 74.6 Å². The van der Waals surface area contributed by atoms with E-state index in [0.717, 1.165) is 0 Å². The number of ketones is 2. The van der Waals surface area contributed by atoms with Crippen LogP contribution in [-0.2, 0) is 0 Å². The second-order valence-corrected chi connectivity index (χ2v) is 5.11. The Bertz CT molecular complexity index is 667. The van der Waals surface area contributed by atoms with Gasteiger partial charge in [0, 0.05) is 0 Å². The Kier molecular flexibility index (Phi) is 2.74. The van der Waals surface area contributed by atoms with Crippen LogP contribution in [0.15, 0.2) is 24.3 Å². The predicted octanol–water partition coefficient (Wildman–Crippen LogP) is 3.18. The Labute approximate surface area is 123 Å². The lowest BCUT2D eigenvalue weighted by Gasteiger charge is -2.20. The molecule has 2 aromatic carbocycles. The molecular weight excluding hydrogens is 303 g/mol. The van der Waals surface area contributed by atoms with Gasteiger partial charge in [0.05, 0.1) is 32.3 Å². The zero-order chi connectivity index (χ0) is 14.6. The third-order valence-corrected chi connectivity index (χ3v) is 3.80. The van der Waals surface area contributed by atoms with E-state index in [2.05, 4.69) is 0 Å². The summed E-state index contributed by atoms with van der Waals surface area (Å²) < 4.78 is 0. The summed E-state index contributed by atoms with van der Waals surface area (Å²) in [5.74, 6) is -2.02. The second kappa shape index (κ2) is 4.23. The number of carbonyl (C=O) groups is 2. The van der Waals surface area contributed by atoms with Crippen LogP contribution >= 0.6 is 23.2 Å². The monoisotopic (exact) mass is 308 g/mol. The molecule has 3 rings (SSSR count). The molecule has 0 aromatic heterocycles. The highest BCUT2D eigenvalue weighted by atomic mass is 35.5. The fourth-order valence-electron chi connectivity index (χ4n) is 2.29. The molecule has 0 atom stereocenters. The summed E-state index contributed by atoms with van der Waals surface area (Å²) in [6.07, 6.45) is 0. The largest absolute Gasteiger partial charge is 0.507 e. The minimum atomic E-state index is -0.686. The Morgan fingerprint density at radius 3 is 1.40 bits per heavy atom. The first-order valence-electron chi connectivity index (χ1n) is 5.55. The fourth-order valence-corrected chi connectivity index (χ4v) is 2.77. The van der Waals surface area contributed by atoms with Gasteiger partial charge in [0.1, 0.15) is 11.5 Å². The number of carbonyl (C=O) groups excluding carboxylic acids is 2. The third-order valence-electron chi connectivity index (χ3n) is 3.17. The highest BCUT2D eigenvalue weighted by molar-refractivity contribution is 6.43. The van der Waals surface area contributed by atoms with E-state index in [1.54, 1.807) is 0 Å². The fraction of sp³-hybridized carbons (Fsp3) is 0. The average Bonchev–Trinajstić information content (AvgIpc) is 2.41. The van der Waals surface area contributed by atoms with Crippen LogP contribution in [0.25, 0.3) is 0 Å². The average molecular weight is 309 g/mol. The van der Waals surface area contributed by atoms with Crippen LogP contribution in [0.1, 0.15) is 31.8 Å². The molecule has 0 saturated carbocycles. The lowest BCUT2D eigenvalue weighted by molar-refractivity contribution is 0.0974. The molecule has 20 heavy (non-hydrogen) atoms. The van der Waals surface area contributed by atoms with Gasteiger partial charge in [-0.15, -0.1) is 0 Å². The number of phenolic OH excluding ortho intramolecular Hbond substituents is 2. The van der Waals surface area contributed by atoms with Gasteiger partial charge >= 0.3 is 0 Å². The third kappa shape index (κ3) is 1.55. The van der Waals surface area contributed by atoms with Gasteiger partial charge in [0.25, 0.3) is 0 Å². The lowest BCUT2D eigenvalue weighted by Crippen LogP contribution is -2.22. The van der Waals surface area contributed by atoms with Gasteiger partial charge < -0.3 is 10.2 Å². The number of rotatable bonds is 0. The zero-order valence-corrected chi connectivity index (χ0v) is 11.3. The van der Waals surface area contributed by atoms with E-state index >= 15 is 0 Å². The van der Waals surface area contributed by atoms with Gasteiger partial charge in [-0.3, -0.25) is 9.59 Å². The van der Waals surface area contributed by atoms with Gasteiger partial charge in [-0.2, -0.15) is 0 Å². The van der Waals surface area contributed by atoms with Crippen molar-refractivity contribution in [3.63, 3.8) is 0 Å². The van der Waals surface area contributed by atoms with Crippen LogP contribution in [0.5, 0.6) is 11.5 Å². The summed E-state index contributed by atoms with van der Waals surface area (Å²) in [6, 6.07) is 5.09. The summed E-state index contributed by atoms with van der Waals surface area (Å²) in [6.45, 7) is 0. The molecule has 0 spiro atoms. The molecule has 0 saturated heterocycles. The molecule has 2 aromatic rings. The molecule has 1 aliphatic rings. The van der Waals surface area contributed by atoms with Crippen LogP contribution in [-0.4, -0.2) is 21.8 Å². The maximum atomic E-state index is 12.5. The van der Waals surface area contributed by atoms with E-state index in [-0.39, 0.29) is 43.8 Å². The Morgan fingerprint density at radius 2 is 1.00 bits per heavy atom.